The highest BCUT2D eigenvalue weighted by Crippen LogP contribution is 2.16. The summed E-state index contributed by atoms with van der Waals surface area (Å²) in [5.41, 5.74) is 0.804. The second-order valence-electron chi connectivity index (χ2n) is 5.61. The number of amides is 2. The van der Waals surface area contributed by atoms with Gasteiger partial charge in [-0.3, -0.25) is 4.79 Å². The molecule has 0 fully saturated rings. The first-order valence-corrected chi connectivity index (χ1v) is 6.50. The number of urea groups is 1. The number of benzene rings is 1. The van der Waals surface area contributed by atoms with Crippen LogP contribution in [0.1, 0.15) is 26.3 Å². The van der Waals surface area contributed by atoms with Crippen molar-refractivity contribution in [1.29, 1.82) is 5.26 Å². The molecular formula is C15H19N3O3. The van der Waals surface area contributed by atoms with Crippen LogP contribution in [0.2, 0.25) is 0 Å². The Kier molecular flexibility index (Phi) is 5.30. The van der Waals surface area contributed by atoms with Crippen molar-refractivity contribution in [3.63, 3.8) is 0 Å². The molecule has 1 aromatic rings. The molecule has 0 bridgehead atoms. The molecule has 0 unspecified atom stereocenters. The lowest BCUT2D eigenvalue weighted by Gasteiger charge is -2.34. The third kappa shape index (κ3) is 5.15. The Morgan fingerprint density at radius 1 is 1.29 bits per heavy atom. The van der Waals surface area contributed by atoms with Gasteiger partial charge in [-0.1, -0.05) is 12.1 Å². The lowest BCUT2D eigenvalue weighted by atomic mass is 10.1. The molecule has 0 aromatic heterocycles. The molecule has 0 saturated carbocycles. The van der Waals surface area contributed by atoms with E-state index in [4.69, 9.17) is 10.4 Å². The van der Waals surface area contributed by atoms with Crippen LogP contribution in [0.3, 0.4) is 0 Å². The van der Waals surface area contributed by atoms with Crippen LogP contribution in [0.5, 0.6) is 0 Å². The van der Waals surface area contributed by atoms with E-state index in [9.17, 15) is 9.59 Å². The minimum Gasteiger partial charge on any atom is -0.480 e. The lowest BCUT2D eigenvalue weighted by Crippen LogP contribution is -2.50. The number of hydrogen-bond donors (Lipinski definition) is 2. The average Bonchev–Trinajstić information content (AvgIpc) is 2.37. The van der Waals surface area contributed by atoms with Crippen LogP contribution in [0.15, 0.2) is 24.3 Å². The number of nitriles is 1. The molecule has 0 aliphatic carbocycles. The number of rotatable bonds is 4. The largest absolute Gasteiger partial charge is 0.480 e. The molecule has 2 N–H and O–H groups in total. The number of anilines is 1. The lowest BCUT2D eigenvalue weighted by molar-refractivity contribution is -0.138. The molecule has 0 aliphatic rings. The Balaban J connectivity index is 2.81. The normalized spacial score (nSPS) is 10.6. The molecule has 112 valence electrons. The monoisotopic (exact) mass is 289 g/mol. The first-order valence-electron chi connectivity index (χ1n) is 6.50. The van der Waals surface area contributed by atoms with Crippen LogP contribution in [-0.4, -0.2) is 34.1 Å². The Bertz CT molecular complexity index is 553. The molecule has 0 saturated heterocycles. The SMILES string of the molecule is CC(C)(C)N(CC(=O)O)C(=O)Nc1ccc(CC#N)cc1. The summed E-state index contributed by atoms with van der Waals surface area (Å²) in [5, 5.41) is 20.2. The van der Waals surface area contributed by atoms with E-state index in [0.717, 1.165) is 5.56 Å². The zero-order valence-electron chi connectivity index (χ0n) is 12.4. The number of nitrogens with one attached hydrogen (secondary N) is 1. The van der Waals surface area contributed by atoms with Gasteiger partial charge in [0.05, 0.1) is 12.5 Å². The van der Waals surface area contributed by atoms with Gasteiger partial charge in [0, 0.05) is 11.2 Å². The van der Waals surface area contributed by atoms with Crippen LogP contribution in [0, 0.1) is 11.3 Å². The summed E-state index contributed by atoms with van der Waals surface area (Å²) in [4.78, 5) is 24.3. The van der Waals surface area contributed by atoms with E-state index in [2.05, 4.69) is 5.32 Å². The van der Waals surface area contributed by atoms with Gasteiger partial charge in [-0.2, -0.15) is 5.26 Å². The zero-order valence-corrected chi connectivity index (χ0v) is 12.4. The van der Waals surface area contributed by atoms with Crippen molar-refractivity contribution in [2.75, 3.05) is 11.9 Å². The van der Waals surface area contributed by atoms with Crippen molar-refractivity contribution in [2.24, 2.45) is 0 Å². The Morgan fingerprint density at radius 3 is 2.29 bits per heavy atom. The maximum Gasteiger partial charge on any atom is 0.323 e. The molecule has 0 radical (unpaired) electrons. The molecule has 6 nitrogen and oxygen atoms in total. The van der Waals surface area contributed by atoms with E-state index in [0.29, 0.717) is 12.1 Å². The fraction of sp³-hybridized carbons (Fsp3) is 0.400. The highest BCUT2D eigenvalue weighted by Gasteiger charge is 2.28. The number of aliphatic carboxylic acids is 1. The molecule has 1 rings (SSSR count). The fourth-order valence-corrected chi connectivity index (χ4v) is 1.74. The van der Waals surface area contributed by atoms with Crippen molar-refractivity contribution in [3.05, 3.63) is 29.8 Å². The molecule has 2 amide bonds. The van der Waals surface area contributed by atoms with Crippen molar-refractivity contribution in [3.8, 4) is 6.07 Å². The van der Waals surface area contributed by atoms with E-state index in [1.165, 1.54) is 4.90 Å². The molecule has 0 heterocycles. The number of carbonyl (C=O) groups excluding carboxylic acids is 1. The summed E-state index contributed by atoms with van der Waals surface area (Å²) in [6.07, 6.45) is 0.307. The zero-order chi connectivity index (χ0) is 16.0. The maximum atomic E-state index is 12.2. The first-order chi connectivity index (χ1) is 9.74. The van der Waals surface area contributed by atoms with Gasteiger partial charge >= 0.3 is 12.0 Å². The number of nitrogens with zero attached hydrogens (tertiary/aromatic N) is 2. The highest BCUT2D eigenvalue weighted by atomic mass is 16.4. The van der Waals surface area contributed by atoms with Crippen LogP contribution >= 0.6 is 0 Å². The molecule has 21 heavy (non-hydrogen) atoms. The summed E-state index contributed by atoms with van der Waals surface area (Å²) >= 11 is 0. The quantitative estimate of drug-likeness (QED) is 0.890. The minimum atomic E-state index is -1.07. The molecule has 0 aliphatic heterocycles. The van der Waals surface area contributed by atoms with E-state index >= 15 is 0 Å². The second kappa shape index (κ2) is 6.75. The summed E-state index contributed by atoms with van der Waals surface area (Å²) in [6.45, 7) is 4.93. The van der Waals surface area contributed by atoms with Gasteiger partial charge in [-0.25, -0.2) is 4.79 Å². The maximum absolute atomic E-state index is 12.2. The predicted molar refractivity (Wildman–Crippen MR) is 78.9 cm³/mol. The van der Waals surface area contributed by atoms with Gasteiger partial charge in [0.25, 0.3) is 0 Å². The number of hydrogen-bond acceptors (Lipinski definition) is 3. The standard InChI is InChI=1S/C15H19N3O3/c1-15(2,3)18(10-13(19)20)14(21)17-12-6-4-11(5-7-12)8-9-16/h4-7H,8,10H2,1-3H3,(H,17,21)(H,19,20). The minimum absolute atomic E-state index is 0.307. The third-order valence-electron chi connectivity index (χ3n) is 2.84. The van der Waals surface area contributed by atoms with Crippen molar-refractivity contribution >= 4 is 17.7 Å². The molecular weight excluding hydrogens is 270 g/mol. The number of carboxylic acids is 1. The van der Waals surface area contributed by atoms with E-state index in [-0.39, 0.29) is 6.54 Å². The van der Waals surface area contributed by atoms with E-state index < -0.39 is 17.5 Å². The van der Waals surface area contributed by atoms with Crippen LogP contribution in [0.25, 0.3) is 0 Å². The van der Waals surface area contributed by atoms with Crippen LogP contribution in [0.4, 0.5) is 10.5 Å². The Labute approximate surface area is 124 Å². The van der Waals surface area contributed by atoms with Gasteiger partial charge in [0.2, 0.25) is 0 Å². The van der Waals surface area contributed by atoms with E-state index in [1.54, 1.807) is 45.0 Å². The molecule has 1 aromatic carbocycles. The second-order valence-corrected chi connectivity index (χ2v) is 5.61. The fourth-order valence-electron chi connectivity index (χ4n) is 1.74. The summed E-state index contributed by atoms with van der Waals surface area (Å²) in [6, 6.07) is 8.44. The van der Waals surface area contributed by atoms with Gasteiger partial charge in [0.15, 0.2) is 0 Å². The average molecular weight is 289 g/mol. The Morgan fingerprint density at radius 2 is 1.86 bits per heavy atom. The first kappa shape index (κ1) is 16.5. The molecule has 6 heteroatoms. The third-order valence-corrected chi connectivity index (χ3v) is 2.84. The van der Waals surface area contributed by atoms with Gasteiger partial charge < -0.3 is 15.3 Å². The van der Waals surface area contributed by atoms with Crippen molar-refractivity contribution in [1.82, 2.24) is 4.90 Å². The summed E-state index contributed by atoms with van der Waals surface area (Å²) < 4.78 is 0. The van der Waals surface area contributed by atoms with Crippen molar-refractivity contribution < 1.29 is 14.7 Å². The van der Waals surface area contributed by atoms with Crippen molar-refractivity contribution in [2.45, 2.75) is 32.7 Å². The highest BCUT2D eigenvalue weighted by molar-refractivity contribution is 5.91. The Hall–Kier alpha value is -2.55. The van der Waals surface area contributed by atoms with E-state index in [1.807, 2.05) is 6.07 Å². The summed E-state index contributed by atoms with van der Waals surface area (Å²) in [7, 11) is 0. The van der Waals surface area contributed by atoms with Gasteiger partial charge in [-0.05, 0) is 38.5 Å². The van der Waals surface area contributed by atoms with Gasteiger partial charge in [-0.15, -0.1) is 0 Å². The smallest absolute Gasteiger partial charge is 0.323 e. The van der Waals surface area contributed by atoms with Crippen LogP contribution in [-0.2, 0) is 11.2 Å². The predicted octanol–water partition coefficient (Wildman–Crippen LogP) is 2.47. The van der Waals surface area contributed by atoms with Crippen LogP contribution < -0.4 is 5.32 Å². The summed E-state index contributed by atoms with van der Waals surface area (Å²) in [5.74, 6) is -1.07. The molecule has 0 spiro atoms. The molecule has 0 atom stereocenters. The number of carbonyl (C=O) groups is 2. The topological polar surface area (TPSA) is 93.4 Å². The number of carboxylic acid groups (broad SMARTS) is 1. The van der Waals surface area contributed by atoms with Gasteiger partial charge in [0.1, 0.15) is 6.54 Å².